The van der Waals surface area contributed by atoms with Crippen LogP contribution in [-0.2, 0) is 10.9 Å². The van der Waals surface area contributed by atoms with E-state index in [1.54, 1.807) is 6.92 Å². The second kappa shape index (κ2) is 4.41. The molecule has 1 heterocycles. The van der Waals surface area contributed by atoms with Crippen molar-refractivity contribution in [2.75, 3.05) is 0 Å². The number of alkyl halides is 5. The Morgan fingerprint density at radius 3 is 2.13 bits per heavy atom. The van der Waals surface area contributed by atoms with E-state index in [9.17, 15) is 4.39 Å². The maximum absolute atomic E-state index is 13.6. The van der Waals surface area contributed by atoms with Crippen LogP contribution in [0.4, 0.5) is 4.39 Å². The van der Waals surface area contributed by atoms with Crippen molar-refractivity contribution in [3.63, 3.8) is 0 Å². The SMILES string of the molecule is CCn1nnc(C(Cl)(Cl)C(Cl)(Cl)Cl)c1F. The van der Waals surface area contributed by atoms with Crippen LogP contribution in [0.2, 0.25) is 0 Å². The highest BCUT2D eigenvalue weighted by atomic mass is 35.6. The summed E-state index contributed by atoms with van der Waals surface area (Å²) >= 11 is 28.0. The fourth-order valence-electron chi connectivity index (χ4n) is 0.830. The summed E-state index contributed by atoms with van der Waals surface area (Å²) in [6.07, 6.45) is 0. The van der Waals surface area contributed by atoms with Crippen molar-refractivity contribution in [3.8, 4) is 0 Å². The fraction of sp³-hybridized carbons (Fsp3) is 0.667. The van der Waals surface area contributed by atoms with Gasteiger partial charge in [-0.3, -0.25) is 0 Å². The summed E-state index contributed by atoms with van der Waals surface area (Å²) in [4.78, 5) is 0. The Labute approximate surface area is 110 Å². The number of halogens is 6. The lowest BCUT2D eigenvalue weighted by Gasteiger charge is -2.24. The van der Waals surface area contributed by atoms with Crippen LogP contribution in [-0.4, -0.2) is 18.8 Å². The molecule has 0 aliphatic carbocycles. The molecule has 0 bridgehead atoms. The normalized spacial score (nSPS) is 13.3. The minimum absolute atomic E-state index is 0.266. The Balaban J connectivity index is 3.22. The van der Waals surface area contributed by atoms with Gasteiger partial charge < -0.3 is 0 Å². The highest BCUT2D eigenvalue weighted by Crippen LogP contribution is 2.52. The summed E-state index contributed by atoms with van der Waals surface area (Å²) in [6, 6.07) is 0. The van der Waals surface area contributed by atoms with Crippen molar-refractivity contribution in [2.45, 2.75) is 21.6 Å². The van der Waals surface area contributed by atoms with Gasteiger partial charge >= 0.3 is 0 Å². The van der Waals surface area contributed by atoms with Crippen molar-refractivity contribution in [2.24, 2.45) is 0 Å². The quantitative estimate of drug-likeness (QED) is 0.783. The second-order valence-electron chi connectivity index (χ2n) is 2.62. The minimum Gasteiger partial charge on any atom is -0.219 e. The first-order valence-electron chi connectivity index (χ1n) is 3.75. The molecule has 0 aliphatic heterocycles. The van der Waals surface area contributed by atoms with Crippen molar-refractivity contribution >= 4 is 58.0 Å². The smallest absolute Gasteiger partial charge is 0.219 e. The van der Waals surface area contributed by atoms with E-state index in [-0.39, 0.29) is 6.54 Å². The zero-order valence-electron chi connectivity index (χ0n) is 7.32. The topological polar surface area (TPSA) is 30.7 Å². The predicted molar refractivity (Wildman–Crippen MR) is 59.3 cm³/mol. The molecule has 1 aromatic rings. The van der Waals surface area contributed by atoms with Gasteiger partial charge in [0.2, 0.25) is 14.1 Å². The van der Waals surface area contributed by atoms with Gasteiger partial charge in [-0.15, -0.1) is 5.10 Å². The minimum atomic E-state index is -2.11. The molecule has 0 saturated heterocycles. The fourth-order valence-corrected chi connectivity index (χ4v) is 1.33. The van der Waals surface area contributed by atoms with Gasteiger partial charge in [-0.25, -0.2) is 4.68 Å². The van der Waals surface area contributed by atoms with Crippen LogP contribution in [0.25, 0.3) is 0 Å². The Bertz CT molecular complexity index is 358. The molecule has 0 amide bonds. The summed E-state index contributed by atoms with van der Waals surface area (Å²) < 4.78 is 10.3. The monoisotopic (exact) mass is 313 g/mol. The molecule has 0 fully saturated rings. The zero-order chi connectivity index (χ0) is 11.9. The van der Waals surface area contributed by atoms with Gasteiger partial charge in [0.25, 0.3) is 0 Å². The van der Waals surface area contributed by atoms with Gasteiger partial charge in [0.1, 0.15) is 0 Å². The number of hydrogen-bond donors (Lipinski definition) is 0. The molecule has 3 nitrogen and oxygen atoms in total. The highest BCUT2D eigenvalue weighted by Gasteiger charge is 2.51. The standard InChI is InChI=1S/C6H5Cl5FN3/c1-2-15-4(12)3(13-14-15)5(7,8)6(9,10)11/h2H2,1H3. The Hall–Kier alpha value is 0.520. The van der Waals surface area contributed by atoms with E-state index in [1.807, 2.05) is 0 Å². The molecule has 86 valence electrons. The average molecular weight is 315 g/mol. The van der Waals surface area contributed by atoms with Gasteiger partial charge in [0.05, 0.1) is 0 Å². The Morgan fingerprint density at radius 1 is 1.27 bits per heavy atom. The number of aryl methyl sites for hydroxylation is 1. The number of nitrogens with zero attached hydrogens (tertiary/aromatic N) is 3. The van der Waals surface area contributed by atoms with Crippen LogP contribution < -0.4 is 0 Å². The molecule has 0 spiro atoms. The van der Waals surface area contributed by atoms with Gasteiger partial charge in [-0.05, 0) is 6.92 Å². The molecular weight excluding hydrogens is 310 g/mol. The lowest BCUT2D eigenvalue weighted by atomic mass is 10.3. The Kier molecular flexibility index (Phi) is 4.00. The number of hydrogen-bond acceptors (Lipinski definition) is 2. The summed E-state index contributed by atoms with van der Waals surface area (Å²) in [5.74, 6) is -0.825. The molecule has 0 aromatic carbocycles. The lowest BCUT2D eigenvalue weighted by molar-refractivity contribution is 0.459. The van der Waals surface area contributed by atoms with E-state index in [0.717, 1.165) is 4.68 Å². The summed E-state index contributed by atoms with van der Waals surface area (Å²) in [7, 11) is 0. The molecule has 9 heteroatoms. The molecule has 0 aliphatic rings. The van der Waals surface area contributed by atoms with Crippen LogP contribution in [0.1, 0.15) is 12.6 Å². The van der Waals surface area contributed by atoms with E-state index in [1.165, 1.54) is 0 Å². The average Bonchev–Trinajstić information content (AvgIpc) is 2.44. The summed E-state index contributed by atoms with van der Waals surface area (Å²) in [5, 5.41) is 6.91. The van der Waals surface area contributed by atoms with Gasteiger partial charge in [-0.2, -0.15) is 4.39 Å². The van der Waals surface area contributed by atoms with Crippen LogP contribution in [0.15, 0.2) is 0 Å². The van der Waals surface area contributed by atoms with Crippen LogP contribution in [0.3, 0.4) is 0 Å². The third-order valence-corrected chi connectivity index (χ3v) is 3.98. The zero-order valence-corrected chi connectivity index (χ0v) is 11.1. The summed E-state index contributed by atoms with van der Waals surface area (Å²) in [6.45, 7) is 1.93. The first-order valence-corrected chi connectivity index (χ1v) is 5.64. The first-order chi connectivity index (χ1) is 6.71. The molecular formula is C6H5Cl5FN3. The molecule has 0 unspecified atom stereocenters. The first kappa shape index (κ1) is 13.6. The van der Waals surface area contributed by atoms with E-state index < -0.39 is 19.8 Å². The number of rotatable bonds is 2. The third kappa shape index (κ3) is 2.44. The lowest BCUT2D eigenvalue weighted by Crippen LogP contribution is -2.30. The van der Waals surface area contributed by atoms with E-state index in [2.05, 4.69) is 10.3 Å². The van der Waals surface area contributed by atoms with Crippen LogP contribution in [0, 0.1) is 5.95 Å². The highest BCUT2D eigenvalue weighted by molar-refractivity contribution is 6.75. The van der Waals surface area contributed by atoms with Gasteiger partial charge in [-0.1, -0.05) is 63.2 Å². The van der Waals surface area contributed by atoms with Crippen LogP contribution >= 0.6 is 58.0 Å². The van der Waals surface area contributed by atoms with E-state index >= 15 is 0 Å². The molecule has 15 heavy (non-hydrogen) atoms. The van der Waals surface area contributed by atoms with Crippen molar-refractivity contribution in [1.82, 2.24) is 15.0 Å². The van der Waals surface area contributed by atoms with Crippen molar-refractivity contribution < 1.29 is 4.39 Å². The molecule has 1 rings (SSSR count). The second-order valence-corrected chi connectivity index (χ2v) is 6.23. The Morgan fingerprint density at radius 2 is 1.80 bits per heavy atom. The summed E-state index contributed by atoms with van der Waals surface area (Å²) in [5.41, 5.74) is -0.410. The predicted octanol–water partition coefficient (Wildman–Crippen LogP) is 3.44. The van der Waals surface area contributed by atoms with Crippen molar-refractivity contribution in [1.29, 1.82) is 0 Å². The van der Waals surface area contributed by atoms with Gasteiger partial charge in [0.15, 0.2) is 5.69 Å². The molecule has 0 N–H and O–H groups in total. The van der Waals surface area contributed by atoms with Crippen molar-refractivity contribution in [3.05, 3.63) is 11.6 Å². The van der Waals surface area contributed by atoms with Gasteiger partial charge in [0, 0.05) is 6.54 Å². The molecule has 1 aromatic heterocycles. The number of aromatic nitrogens is 3. The molecule has 0 atom stereocenters. The largest absolute Gasteiger partial charge is 0.238 e. The van der Waals surface area contributed by atoms with E-state index in [0.29, 0.717) is 0 Å². The maximum Gasteiger partial charge on any atom is 0.238 e. The van der Waals surface area contributed by atoms with E-state index in [4.69, 9.17) is 58.0 Å². The molecule has 0 saturated carbocycles. The van der Waals surface area contributed by atoms with Crippen LogP contribution in [0.5, 0.6) is 0 Å². The maximum atomic E-state index is 13.6. The third-order valence-electron chi connectivity index (χ3n) is 1.63. The molecule has 0 radical (unpaired) electrons.